The maximum Gasteiger partial charge on any atom is 0.225 e. The highest BCUT2D eigenvalue weighted by Gasteiger charge is 2.27. The highest BCUT2D eigenvalue weighted by atomic mass is 79.9. The number of fused-ring (bicyclic) bond motifs is 1. The smallest absolute Gasteiger partial charge is 0.225 e. The van der Waals surface area contributed by atoms with Crippen molar-refractivity contribution in [2.75, 3.05) is 36.0 Å². The lowest BCUT2D eigenvalue weighted by molar-refractivity contribution is 0.585. The van der Waals surface area contributed by atoms with E-state index in [1.807, 2.05) is 19.2 Å². The van der Waals surface area contributed by atoms with Crippen LogP contribution in [0.25, 0.3) is 5.52 Å². The van der Waals surface area contributed by atoms with Crippen LogP contribution < -0.4 is 15.5 Å². The monoisotopic (exact) mass is 520 g/mol. The molecule has 2 N–H and O–H groups in total. The Morgan fingerprint density at radius 3 is 2.32 bits per heavy atom. The summed E-state index contributed by atoms with van der Waals surface area (Å²) in [6.45, 7) is 4.70. The minimum atomic E-state index is -0.836. The molecule has 0 amide bonds. The van der Waals surface area contributed by atoms with Gasteiger partial charge < -0.3 is 15.5 Å². The molecule has 10 heteroatoms. The molecular formula is C24H22BrFN8. The van der Waals surface area contributed by atoms with E-state index in [-0.39, 0.29) is 5.82 Å². The minimum absolute atomic E-state index is 0.302. The molecule has 0 spiro atoms. The molecule has 1 atom stereocenters. The molecule has 1 aromatic carbocycles. The Morgan fingerprint density at radius 1 is 1.03 bits per heavy atom. The van der Waals surface area contributed by atoms with Gasteiger partial charge in [0.1, 0.15) is 11.9 Å². The maximum atomic E-state index is 13.3. The highest BCUT2D eigenvalue weighted by molar-refractivity contribution is 9.10. The third-order valence-electron chi connectivity index (χ3n) is 6.26. The number of halogens is 2. The van der Waals surface area contributed by atoms with Gasteiger partial charge in [-0.15, -0.1) is 0 Å². The second kappa shape index (κ2) is 8.66. The number of nitrogens with two attached hydrogens (primary N) is 1. The summed E-state index contributed by atoms with van der Waals surface area (Å²) in [7, 11) is 0. The molecule has 0 aliphatic carbocycles. The van der Waals surface area contributed by atoms with Gasteiger partial charge in [0.05, 0.1) is 28.5 Å². The summed E-state index contributed by atoms with van der Waals surface area (Å²) < 4.78 is 16.0. The average Bonchev–Trinajstić information content (AvgIpc) is 3.24. The van der Waals surface area contributed by atoms with Gasteiger partial charge in [-0.05, 0) is 46.6 Å². The Labute approximate surface area is 204 Å². The van der Waals surface area contributed by atoms with Crippen molar-refractivity contribution >= 4 is 33.1 Å². The van der Waals surface area contributed by atoms with Gasteiger partial charge in [0, 0.05) is 54.8 Å². The fourth-order valence-electron chi connectivity index (χ4n) is 4.27. The van der Waals surface area contributed by atoms with Crippen molar-refractivity contribution in [3.8, 4) is 6.07 Å². The largest absolute Gasteiger partial charge is 0.365 e. The van der Waals surface area contributed by atoms with Crippen molar-refractivity contribution in [2.45, 2.75) is 12.5 Å². The topological polar surface area (TPSA) is 99.4 Å². The van der Waals surface area contributed by atoms with Crippen molar-refractivity contribution in [3.63, 3.8) is 0 Å². The van der Waals surface area contributed by atoms with E-state index in [0.29, 0.717) is 37.7 Å². The normalized spacial score (nSPS) is 15.9. The predicted molar refractivity (Wildman–Crippen MR) is 131 cm³/mol. The molecule has 1 aliphatic rings. The number of nitrogens with zero attached hydrogens (tertiary/aromatic N) is 7. The number of aromatic nitrogens is 4. The molecule has 5 rings (SSSR count). The zero-order valence-corrected chi connectivity index (χ0v) is 20.1. The molecule has 172 valence electrons. The molecule has 0 saturated carbocycles. The molecule has 1 fully saturated rings. The first-order valence-corrected chi connectivity index (χ1v) is 11.6. The summed E-state index contributed by atoms with van der Waals surface area (Å²) in [5.41, 5.74) is 9.56. The van der Waals surface area contributed by atoms with E-state index in [1.165, 1.54) is 12.1 Å². The zero-order chi connectivity index (χ0) is 23.9. The molecule has 0 bridgehead atoms. The van der Waals surface area contributed by atoms with Crippen LogP contribution in [0.3, 0.4) is 0 Å². The van der Waals surface area contributed by atoms with Crippen LogP contribution in [0, 0.1) is 17.1 Å². The standard InChI is InChI=1S/C24H22BrFN8/c1-24(28,17-2-4-20(26)5-3-17)18-13-29-23(30-14-18)33-8-6-32(7-9-33)22-16(11-27)12-31-34-15-19(25)10-21(22)34/h2-5,10,12-15H,6-9,28H2,1H3/t24-/m0/s1. The summed E-state index contributed by atoms with van der Waals surface area (Å²) in [5.74, 6) is 0.327. The molecule has 1 saturated heterocycles. The Bertz CT molecular complexity index is 1370. The third kappa shape index (κ3) is 3.97. The summed E-state index contributed by atoms with van der Waals surface area (Å²) in [5, 5.41) is 14.0. The Hall–Kier alpha value is -3.55. The van der Waals surface area contributed by atoms with Crippen LogP contribution in [-0.2, 0) is 5.54 Å². The second-order valence-corrected chi connectivity index (χ2v) is 9.38. The van der Waals surface area contributed by atoms with E-state index in [4.69, 9.17) is 5.73 Å². The van der Waals surface area contributed by atoms with Gasteiger partial charge in [0.2, 0.25) is 5.95 Å². The van der Waals surface area contributed by atoms with Gasteiger partial charge in [-0.1, -0.05) is 12.1 Å². The SMILES string of the molecule is C[C@](N)(c1ccc(F)cc1)c1cnc(N2CCN(c3c(C#N)cnn4cc(Br)cc34)CC2)nc1. The van der Waals surface area contributed by atoms with E-state index < -0.39 is 5.54 Å². The zero-order valence-electron chi connectivity index (χ0n) is 18.5. The molecule has 34 heavy (non-hydrogen) atoms. The summed E-state index contributed by atoms with van der Waals surface area (Å²) >= 11 is 3.49. The van der Waals surface area contributed by atoms with E-state index >= 15 is 0 Å². The molecule has 0 radical (unpaired) electrons. The molecule has 3 aromatic heterocycles. The van der Waals surface area contributed by atoms with Crippen LogP contribution in [0.1, 0.15) is 23.6 Å². The summed E-state index contributed by atoms with van der Waals surface area (Å²) in [6.07, 6.45) is 6.95. The van der Waals surface area contributed by atoms with Gasteiger partial charge in [0.15, 0.2) is 0 Å². The van der Waals surface area contributed by atoms with E-state index in [9.17, 15) is 9.65 Å². The van der Waals surface area contributed by atoms with Gasteiger partial charge in [-0.25, -0.2) is 18.9 Å². The highest BCUT2D eigenvalue weighted by Crippen LogP contribution is 2.30. The number of nitriles is 1. The van der Waals surface area contributed by atoms with Crippen LogP contribution in [0.15, 0.2) is 59.6 Å². The third-order valence-corrected chi connectivity index (χ3v) is 6.69. The van der Waals surface area contributed by atoms with E-state index in [2.05, 4.69) is 46.9 Å². The number of hydrogen-bond donors (Lipinski definition) is 1. The minimum Gasteiger partial charge on any atom is -0.365 e. The van der Waals surface area contributed by atoms with Crippen LogP contribution in [0.2, 0.25) is 0 Å². The van der Waals surface area contributed by atoms with Gasteiger partial charge in [0.25, 0.3) is 0 Å². The molecular weight excluding hydrogens is 499 g/mol. The Morgan fingerprint density at radius 2 is 1.68 bits per heavy atom. The number of rotatable bonds is 4. The van der Waals surface area contributed by atoms with Crippen LogP contribution >= 0.6 is 15.9 Å². The van der Waals surface area contributed by atoms with Crippen LogP contribution in [0.4, 0.5) is 16.0 Å². The number of anilines is 2. The first-order valence-electron chi connectivity index (χ1n) is 10.8. The molecule has 4 heterocycles. The van der Waals surface area contributed by atoms with Crippen molar-refractivity contribution in [2.24, 2.45) is 5.73 Å². The fourth-order valence-corrected chi connectivity index (χ4v) is 4.68. The maximum absolute atomic E-state index is 13.3. The van der Waals surface area contributed by atoms with Crippen molar-refractivity contribution < 1.29 is 4.39 Å². The van der Waals surface area contributed by atoms with Crippen molar-refractivity contribution in [1.29, 1.82) is 5.26 Å². The second-order valence-electron chi connectivity index (χ2n) is 8.46. The van der Waals surface area contributed by atoms with Crippen LogP contribution in [0.5, 0.6) is 0 Å². The number of benzene rings is 1. The van der Waals surface area contributed by atoms with Gasteiger partial charge in [-0.2, -0.15) is 10.4 Å². The Balaban J connectivity index is 1.33. The fraction of sp³-hybridized carbons (Fsp3) is 0.250. The lowest BCUT2D eigenvalue weighted by atomic mass is 9.87. The summed E-state index contributed by atoms with van der Waals surface area (Å²) in [6, 6.07) is 10.4. The Kier molecular flexibility index (Phi) is 5.67. The molecule has 1 aliphatic heterocycles. The quantitative estimate of drug-likeness (QED) is 0.439. The van der Waals surface area contributed by atoms with Crippen molar-refractivity contribution in [1.82, 2.24) is 19.6 Å². The van der Waals surface area contributed by atoms with E-state index in [0.717, 1.165) is 26.8 Å². The molecule has 8 nitrogen and oxygen atoms in total. The number of piperazine rings is 1. The lowest BCUT2D eigenvalue weighted by Gasteiger charge is -2.36. The predicted octanol–water partition coefficient (Wildman–Crippen LogP) is 3.45. The van der Waals surface area contributed by atoms with Crippen LogP contribution in [-0.4, -0.2) is 45.8 Å². The van der Waals surface area contributed by atoms with E-state index in [1.54, 1.807) is 35.2 Å². The average molecular weight is 521 g/mol. The number of hydrogen-bond acceptors (Lipinski definition) is 7. The molecule has 4 aromatic rings. The first-order chi connectivity index (χ1) is 16.4. The summed E-state index contributed by atoms with van der Waals surface area (Å²) in [4.78, 5) is 13.5. The van der Waals surface area contributed by atoms with Gasteiger partial charge >= 0.3 is 0 Å². The first kappa shape index (κ1) is 22.3. The van der Waals surface area contributed by atoms with Gasteiger partial charge in [-0.3, -0.25) is 0 Å². The lowest BCUT2D eigenvalue weighted by Crippen LogP contribution is -2.47. The van der Waals surface area contributed by atoms with Crippen molar-refractivity contribution in [3.05, 3.63) is 82.1 Å². The molecule has 0 unspecified atom stereocenters.